The van der Waals surface area contributed by atoms with Crippen molar-refractivity contribution in [2.75, 3.05) is 0 Å². The van der Waals surface area contributed by atoms with Crippen molar-refractivity contribution in [3.63, 3.8) is 0 Å². The van der Waals surface area contributed by atoms with Gasteiger partial charge in [-0.3, -0.25) is 9.48 Å². The van der Waals surface area contributed by atoms with Crippen molar-refractivity contribution in [1.29, 1.82) is 0 Å². The summed E-state index contributed by atoms with van der Waals surface area (Å²) < 4.78 is 6.95. The lowest BCUT2D eigenvalue weighted by Gasteiger charge is -2.12. The summed E-state index contributed by atoms with van der Waals surface area (Å²) in [5.74, 6) is 0.834. The first-order valence-corrected chi connectivity index (χ1v) is 7.26. The predicted molar refractivity (Wildman–Crippen MR) is 81.6 cm³/mol. The third kappa shape index (κ3) is 3.03. The van der Waals surface area contributed by atoms with Gasteiger partial charge in [0.25, 0.3) is 5.91 Å². The molecule has 120 valence electrons. The zero-order valence-electron chi connectivity index (χ0n) is 14.2. The third-order valence-corrected chi connectivity index (χ3v) is 3.57. The Labute approximate surface area is 130 Å². The van der Waals surface area contributed by atoms with Crippen LogP contribution in [0.4, 0.5) is 0 Å². The minimum Gasteiger partial charge on any atom is -0.340 e. The Morgan fingerprint density at radius 1 is 1.32 bits per heavy atom. The van der Waals surface area contributed by atoms with E-state index in [1.54, 1.807) is 4.68 Å². The molecule has 0 aliphatic heterocycles. The molecular weight excluding hydrogens is 282 g/mol. The molecule has 0 aliphatic rings. The Kier molecular flexibility index (Phi) is 4.08. The molecule has 1 unspecified atom stereocenters. The van der Waals surface area contributed by atoms with Crippen LogP contribution in [0.2, 0.25) is 0 Å². The fraction of sp³-hybridized carbons (Fsp3) is 0.600. The fourth-order valence-electron chi connectivity index (χ4n) is 2.15. The molecule has 0 fully saturated rings. The second-order valence-corrected chi connectivity index (χ2v) is 6.57. The molecule has 0 aliphatic carbocycles. The van der Waals surface area contributed by atoms with E-state index < -0.39 is 0 Å². The molecule has 0 bridgehead atoms. The minimum absolute atomic E-state index is 0.189. The third-order valence-electron chi connectivity index (χ3n) is 3.57. The van der Waals surface area contributed by atoms with Gasteiger partial charge in [0.1, 0.15) is 6.04 Å². The molecule has 0 saturated heterocycles. The van der Waals surface area contributed by atoms with Gasteiger partial charge in [-0.1, -0.05) is 25.9 Å². The van der Waals surface area contributed by atoms with Gasteiger partial charge in [-0.2, -0.15) is 10.1 Å². The molecular formula is C15H23N5O2. The lowest BCUT2D eigenvalue weighted by atomic mass is 9.96. The number of amides is 1. The molecule has 2 aromatic rings. The number of nitrogens with zero attached hydrogens (tertiary/aromatic N) is 4. The van der Waals surface area contributed by atoms with Gasteiger partial charge < -0.3 is 9.84 Å². The number of hydrogen-bond donors (Lipinski definition) is 1. The maximum atomic E-state index is 12.4. The Balaban J connectivity index is 2.16. The highest BCUT2D eigenvalue weighted by atomic mass is 16.5. The Hall–Kier alpha value is -2.18. The van der Waals surface area contributed by atoms with Crippen LogP contribution in [0.25, 0.3) is 0 Å². The smallest absolute Gasteiger partial charge is 0.255 e. The first-order valence-electron chi connectivity index (χ1n) is 7.26. The van der Waals surface area contributed by atoms with E-state index in [1.165, 1.54) is 0 Å². The largest absolute Gasteiger partial charge is 0.340 e. The van der Waals surface area contributed by atoms with Crippen LogP contribution in [0.3, 0.4) is 0 Å². The van der Waals surface area contributed by atoms with E-state index in [1.807, 2.05) is 48.6 Å². The van der Waals surface area contributed by atoms with E-state index >= 15 is 0 Å². The van der Waals surface area contributed by atoms with Gasteiger partial charge in [0.05, 0.1) is 11.3 Å². The number of hydrogen-bond acceptors (Lipinski definition) is 5. The molecule has 7 heteroatoms. The maximum absolute atomic E-state index is 12.4. The quantitative estimate of drug-likeness (QED) is 0.939. The highest BCUT2D eigenvalue weighted by molar-refractivity contribution is 5.96. The van der Waals surface area contributed by atoms with Crippen molar-refractivity contribution in [2.24, 2.45) is 7.05 Å². The molecule has 2 rings (SSSR count). The number of nitrogens with one attached hydrogen (secondary N) is 1. The van der Waals surface area contributed by atoms with E-state index in [0.717, 1.165) is 5.69 Å². The van der Waals surface area contributed by atoms with Crippen molar-refractivity contribution in [3.05, 3.63) is 28.7 Å². The first kappa shape index (κ1) is 16.2. The zero-order valence-corrected chi connectivity index (χ0v) is 14.2. The van der Waals surface area contributed by atoms with E-state index in [4.69, 9.17) is 4.52 Å². The molecule has 1 amide bonds. The van der Waals surface area contributed by atoms with Crippen molar-refractivity contribution in [3.8, 4) is 0 Å². The van der Waals surface area contributed by atoms with Crippen LogP contribution >= 0.6 is 0 Å². The molecule has 0 saturated carbocycles. The normalized spacial score (nSPS) is 13.2. The average Bonchev–Trinajstić information content (AvgIpc) is 2.95. The second-order valence-electron chi connectivity index (χ2n) is 6.57. The molecule has 22 heavy (non-hydrogen) atoms. The van der Waals surface area contributed by atoms with Crippen LogP contribution in [-0.2, 0) is 12.5 Å². The summed E-state index contributed by atoms with van der Waals surface area (Å²) in [5.41, 5.74) is 1.92. The van der Waals surface area contributed by atoms with Gasteiger partial charge in [0.15, 0.2) is 5.82 Å². The average molecular weight is 305 g/mol. The molecule has 1 N–H and O–H groups in total. The topological polar surface area (TPSA) is 85.8 Å². The number of aryl methyl sites for hydroxylation is 2. The number of carbonyl (C=O) groups is 1. The number of carbonyl (C=O) groups excluding carboxylic acids is 1. The van der Waals surface area contributed by atoms with Crippen LogP contribution in [0, 0.1) is 13.8 Å². The second kappa shape index (κ2) is 5.55. The van der Waals surface area contributed by atoms with Crippen molar-refractivity contribution < 1.29 is 9.32 Å². The lowest BCUT2D eigenvalue weighted by molar-refractivity contribution is 0.0931. The van der Waals surface area contributed by atoms with E-state index in [0.29, 0.717) is 23.0 Å². The first-order chi connectivity index (χ1) is 10.1. The molecule has 2 aromatic heterocycles. The highest BCUT2D eigenvalue weighted by Crippen LogP contribution is 2.21. The highest BCUT2D eigenvalue weighted by Gasteiger charge is 2.25. The van der Waals surface area contributed by atoms with Gasteiger partial charge in [0, 0.05) is 18.2 Å². The molecule has 1 atom stereocenters. The molecule has 2 heterocycles. The summed E-state index contributed by atoms with van der Waals surface area (Å²) in [6.45, 7) is 11.5. The van der Waals surface area contributed by atoms with Crippen molar-refractivity contribution in [1.82, 2.24) is 25.2 Å². The van der Waals surface area contributed by atoms with Crippen LogP contribution in [0.1, 0.15) is 67.2 Å². The number of rotatable bonds is 3. The number of aromatic nitrogens is 4. The Morgan fingerprint density at radius 3 is 2.41 bits per heavy atom. The summed E-state index contributed by atoms with van der Waals surface area (Å²) in [7, 11) is 1.82. The van der Waals surface area contributed by atoms with E-state index in [2.05, 4.69) is 20.6 Å². The molecule has 0 radical (unpaired) electrons. The van der Waals surface area contributed by atoms with E-state index in [-0.39, 0.29) is 17.4 Å². The summed E-state index contributed by atoms with van der Waals surface area (Å²) in [5, 5.41) is 11.1. The van der Waals surface area contributed by atoms with Crippen LogP contribution in [0.15, 0.2) is 4.52 Å². The molecule has 0 spiro atoms. The summed E-state index contributed by atoms with van der Waals surface area (Å²) in [6, 6.07) is -0.366. The van der Waals surface area contributed by atoms with Gasteiger partial charge in [-0.05, 0) is 20.8 Å². The van der Waals surface area contributed by atoms with Gasteiger partial charge in [-0.15, -0.1) is 0 Å². The van der Waals surface area contributed by atoms with Crippen LogP contribution < -0.4 is 5.32 Å². The maximum Gasteiger partial charge on any atom is 0.255 e. The molecule has 0 aromatic carbocycles. The lowest BCUT2D eigenvalue weighted by Crippen LogP contribution is -2.28. The summed E-state index contributed by atoms with van der Waals surface area (Å²) >= 11 is 0. The fourth-order valence-corrected chi connectivity index (χ4v) is 2.15. The predicted octanol–water partition coefficient (Wildman–Crippen LogP) is 2.21. The van der Waals surface area contributed by atoms with Crippen molar-refractivity contribution in [2.45, 2.75) is 53.0 Å². The van der Waals surface area contributed by atoms with Gasteiger partial charge in [-0.25, -0.2) is 0 Å². The summed E-state index contributed by atoms with van der Waals surface area (Å²) in [6.07, 6.45) is 0. The van der Waals surface area contributed by atoms with Crippen LogP contribution in [-0.4, -0.2) is 25.8 Å². The minimum atomic E-state index is -0.366. The Bertz CT molecular complexity index is 693. The zero-order chi connectivity index (χ0) is 16.7. The summed E-state index contributed by atoms with van der Waals surface area (Å²) in [4.78, 5) is 16.8. The monoisotopic (exact) mass is 305 g/mol. The van der Waals surface area contributed by atoms with Gasteiger partial charge >= 0.3 is 0 Å². The Morgan fingerprint density at radius 2 is 1.95 bits per heavy atom. The SMILES string of the molecule is Cc1nn(C)c(C)c1C(=O)NC(C)c1nc(C(C)(C)C)no1. The van der Waals surface area contributed by atoms with Crippen molar-refractivity contribution >= 4 is 5.91 Å². The van der Waals surface area contributed by atoms with Crippen LogP contribution in [0.5, 0.6) is 0 Å². The van der Waals surface area contributed by atoms with E-state index in [9.17, 15) is 4.79 Å². The standard InChI is InChI=1S/C15H23N5O2/c1-8-11(10(3)20(7)18-8)12(21)16-9(2)13-17-14(19-22-13)15(4,5)6/h9H,1-7H3,(H,16,21). The van der Waals surface area contributed by atoms with Gasteiger partial charge in [0.2, 0.25) is 5.89 Å². The molecule has 7 nitrogen and oxygen atoms in total.